The molecule has 7 nitrogen and oxygen atoms in total. The standard InChI is InChI=1S/C6H9N5O2/c1-7-5(12)6(13)8-4-3-11(2)10-9-4/h3H,1-2H3,(H,7,12)(H,8,13). The summed E-state index contributed by atoms with van der Waals surface area (Å²) in [5.41, 5.74) is 0. The number of carbonyl (C=O) groups is 2. The Labute approximate surface area is 74.1 Å². The molecule has 1 aromatic rings. The van der Waals surface area contributed by atoms with Gasteiger partial charge in [-0.05, 0) is 0 Å². The lowest BCUT2D eigenvalue weighted by molar-refractivity contribution is -0.135. The lowest BCUT2D eigenvalue weighted by Crippen LogP contribution is -2.32. The van der Waals surface area contributed by atoms with E-state index < -0.39 is 11.8 Å². The first-order valence-electron chi connectivity index (χ1n) is 3.53. The molecule has 0 atom stereocenters. The van der Waals surface area contributed by atoms with E-state index in [1.54, 1.807) is 7.05 Å². The highest BCUT2D eigenvalue weighted by molar-refractivity contribution is 6.39. The lowest BCUT2D eigenvalue weighted by atomic mass is 10.5. The van der Waals surface area contributed by atoms with E-state index in [1.165, 1.54) is 17.9 Å². The number of nitrogens with one attached hydrogen (secondary N) is 2. The van der Waals surface area contributed by atoms with Crippen LogP contribution in [0.15, 0.2) is 6.20 Å². The van der Waals surface area contributed by atoms with Gasteiger partial charge in [-0.1, -0.05) is 5.21 Å². The van der Waals surface area contributed by atoms with Gasteiger partial charge in [0.1, 0.15) is 0 Å². The maximum absolute atomic E-state index is 11.0. The van der Waals surface area contributed by atoms with E-state index >= 15 is 0 Å². The first-order valence-corrected chi connectivity index (χ1v) is 3.53. The minimum atomic E-state index is -0.761. The number of rotatable bonds is 1. The van der Waals surface area contributed by atoms with Crippen molar-refractivity contribution in [3.05, 3.63) is 6.20 Å². The minimum Gasteiger partial charge on any atom is -0.351 e. The highest BCUT2D eigenvalue weighted by Gasteiger charge is 2.12. The Balaban J connectivity index is 2.60. The van der Waals surface area contributed by atoms with Crippen molar-refractivity contribution in [2.24, 2.45) is 7.05 Å². The van der Waals surface area contributed by atoms with Gasteiger partial charge in [0.25, 0.3) is 0 Å². The molecule has 0 spiro atoms. The number of likely N-dealkylation sites (N-methyl/N-ethyl adjacent to an activating group) is 1. The van der Waals surface area contributed by atoms with Crippen molar-refractivity contribution in [2.45, 2.75) is 0 Å². The van der Waals surface area contributed by atoms with Crippen LogP contribution in [0.4, 0.5) is 5.82 Å². The fourth-order valence-corrected chi connectivity index (χ4v) is 0.691. The summed E-state index contributed by atoms with van der Waals surface area (Å²) in [5.74, 6) is -1.23. The molecular formula is C6H9N5O2. The second-order valence-electron chi connectivity index (χ2n) is 2.31. The van der Waals surface area contributed by atoms with Crippen LogP contribution in [0.1, 0.15) is 0 Å². The third kappa shape index (κ3) is 2.26. The molecule has 0 aliphatic carbocycles. The summed E-state index contributed by atoms with van der Waals surface area (Å²) in [4.78, 5) is 21.7. The van der Waals surface area contributed by atoms with Gasteiger partial charge in [-0.3, -0.25) is 19.6 Å². The molecule has 1 aromatic heterocycles. The van der Waals surface area contributed by atoms with Crippen molar-refractivity contribution in [1.29, 1.82) is 0 Å². The molecule has 0 radical (unpaired) electrons. The van der Waals surface area contributed by atoms with Gasteiger partial charge < -0.3 is 5.32 Å². The Morgan fingerprint density at radius 3 is 2.62 bits per heavy atom. The van der Waals surface area contributed by atoms with Gasteiger partial charge >= 0.3 is 11.8 Å². The minimum absolute atomic E-state index is 0.246. The van der Waals surface area contributed by atoms with Crippen molar-refractivity contribution in [2.75, 3.05) is 12.4 Å². The summed E-state index contributed by atoms with van der Waals surface area (Å²) >= 11 is 0. The van der Waals surface area contributed by atoms with E-state index in [2.05, 4.69) is 20.9 Å². The molecule has 1 heterocycles. The van der Waals surface area contributed by atoms with Crippen LogP contribution in [0.5, 0.6) is 0 Å². The number of nitrogens with zero attached hydrogens (tertiary/aromatic N) is 3. The molecule has 0 fully saturated rings. The maximum Gasteiger partial charge on any atom is 0.314 e. The number of amides is 2. The molecule has 2 N–H and O–H groups in total. The number of anilines is 1. The molecular weight excluding hydrogens is 174 g/mol. The van der Waals surface area contributed by atoms with Gasteiger partial charge in [-0.15, -0.1) is 5.10 Å². The molecule has 0 saturated heterocycles. The summed E-state index contributed by atoms with van der Waals surface area (Å²) < 4.78 is 1.42. The zero-order valence-electron chi connectivity index (χ0n) is 7.24. The predicted octanol–water partition coefficient (Wildman–Crippen LogP) is -1.50. The molecule has 0 aromatic carbocycles. The summed E-state index contributed by atoms with van der Waals surface area (Å²) in [6.45, 7) is 0. The van der Waals surface area contributed by atoms with Gasteiger partial charge in [0.15, 0.2) is 5.82 Å². The molecule has 70 valence electrons. The van der Waals surface area contributed by atoms with Crippen LogP contribution in [0.3, 0.4) is 0 Å². The topological polar surface area (TPSA) is 88.9 Å². The van der Waals surface area contributed by atoms with Crippen LogP contribution < -0.4 is 10.6 Å². The smallest absolute Gasteiger partial charge is 0.314 e. The molecule has 0 aliphatic heterocycles. The van der Waals surface area contributed by atoms with E-state index in [9.17, 15) is 9.59 Å². The third-order valence-electron chi connectivity index (χ3n) is 1.28. The molecule has 2 amide bonds. The van der Waals surface area contributed by atoms with Crippen molar-refractivity contribution < 1.29 is 9.59 Å². The molecule has 0 aliphatic rings. The number of carbonyl (C=O) groups excluding carboxylic acids is 2. The monoisotopic (exact) mass is 183 g/mol. The highest BCUT2D eigenvalue weighted by Crippen LogP contribution is 1.96. The van der Waals surface area contributed by atoms with E-state index in [-0.39, 0.29) is 5.82 Å². The van der Waals surface area contributed by atoms with Crippen molar-refractivity contribution in [1.82, 2.24) is 20.3 Å². The first-order chi connectivity index (χ1) is 6.13. The second kappa shape index (κ2) is 3.65. The normalized spacial score (nSPS) is 9.38. The van der Waals surface area contributed by atoms with Gasteiger partial charge in [0.2, 0.25) is 0 Å². The molecule has 0 bridgehead atoms. The summed E-state index contributed by atoms with van der Waals surface area (Å²) in [6.07, 6.45) is 1.49. The predicted molar refractivity (Wildman–Crippen MR) is 43.7 cm³/mol. The SMILES string of the molecule is CNC(=O)C(=O)Nc1cn(C)nn1. The number of hydrogen-bond acceptors (Lipinski definition) is 4. The molecule has 0 unspecified atom stereocenters. The zero-order chi connectivity index (χ0) is 9.84. The van der Waals surface area contributed by atoms with Gasteiger partial charge in [0.05, 0.1) is 6.20 Å². The molecule has 13 heavy (non-hydrogen) atoms. The van der Waals surface area contributed by atoms with Gasteiger partial charge in [-0.25, -0.2) is 0 Å². The molecule has 0 saturated carbocycles. The Morgan fingerprint density at radius 1 is 1.46 bits per heavy atom. The third-order valence-corrected chi connectivity index (χ3v) is 1.28. The van der Waals surface area contributed by atoms with E-state index in [4.69, 9.17) is 0 Å². The van der Waals surface area contributed by atoms with Gasteiger partial charge in [0, 0.05) is 14.1 Å². The Kier molecular flexibility index (Phi) is 2.58. The van der Waals surface area contributed by atoms with E-state index in [1.807, 2.05) is 0 Å². The van der Waals surface area contributed by atoms with Crippen molar-refractivity contribution in [3.63, 3.8) is 0 Å². The van der Waals surface area contributed by atoms with Crippen LogP contribution >= 0.6 is 0 Å². The highest BCUT2D eigenvalue weighted by atomic mass is 16.2. The number of aromatic nitrogens is 3. The number of aryl methyl sites for hydroxylation is 1. The van der Waals surface area contributed by atoms with Crippen LogP contribution in [-0.2, 0) is 16.6 Å². The first kappa shape index (κ1) is 9.17. The second-order valence-corrected chi connectivity index (χ2v) is 2.31. The summed E-state index contributed by atoms with van der Waals surface area (Å²) in [5, 5.41) is 11.6. The Morgan fingerprint density at radius 2 is 2.15 bits per heavy atom. The maximum atomic E-state index is 11.0. The Bertz CT molecular complexity index is 332. The Hall–Kier alpha value is -1.92. The van der Waals surface area contributed by atoms with Crippen LogP contribution in [0.25, 0.3) is 0 Å². The van der Waals surface area contributed by atoms with E-state index in [0.29, 0.717) is 0 Å². The van der Waals surface area contributed by atoms with Gasteiger partial charge in [-0.2, -0.15) is 0 Å². The largest absolute Gasteiger partial charge is 0.351 e. The lowest BCUT2D eigenvalue weighted by Gasteiger charge is -1.97. The van der Waals surface area contributed by atoms with Crippen LogP contribution in [0.2, 0.25) is 0 Å². The van der Waals surface area contributed by atoms with Crippen molar-refractivity contribution >= 4 is 17.6 Å². The van der Waals surface area contributed by atoms with Crippen LogP contribution in [0, 0.1) is 0 Å². The average Bonchev–Trinajstić information content (AvgIpc) is 2.49. The van der Waals surface area contributed by atoms with Crippen LogP contribution in [-0.4, -0.2) is 33.9 Å². The summed E-state index contributed by atoms with van der Waals surface area (Å²) in [7, 11) is 3.03. The fourth-order valence-electron chi connectivity index (χ4n) is 0.691. The average molecular weight is 183 g/mol. The van der Waals surface area contributed by atoms with E-state index in [0.717, 1.165) is 0 Å². The summed E-state index contributed by atoms with van der Waals surface area (Å²) in [6, 6.07) is 0. The van der Waals surface area contributed by atoms with Crippen molar-refractivity contribution in [3.8, 4) is 0 Å². The molecule has 7 heteroatoms. The fraction of sp³-hybridized carbons (Fsp3) is 0.333. The zero-order valence-corrected chi connectivity index (χ0v) is 7.24. The molecule has 1 rings (SSSR count). The number of hydrogen-bond donors (Lipinski definition) is 2. The quantitative estimate of drug-likeness (QED) is 0.518.